The number of ketones is 1. The van der Waals surface area contributed by atoms with Gasteiger partial charge in [0.05, 0.1) is 20.5 Å². The summed E-state index contributed by atoms with van der Waals surface area (Å²) in [4.78, 5) is 29.8. The molecule has 0 spiro atoms. The van der Waals surface area contributed by atoms with Gasteiger partial charge in [0.2, 0.25) is 9.84 Å². The number of hydrogen-bond acceptors (Lipinski definition) is 6. The maximum absolute atomic E-state index is 13.1. The summed E-state index contributed by atoms with van der Waals surface area (Å²) in [6, 6.07) is 18.0. The van der Waals surface area contributed by atoms with Crippen LogP contribution in [0.5, 0.6) is 0 Å². The van der Waals surface area contributed by atoms with Gasteiger partial charge in [-0.15, -0.1) is 11.3 Å². The first-order chi connectivity index (χ1) is 15.8. The number of amides is 1. The molecule has 0 radical (unpaired) electrons. The Morgan fingerprint density at radius 2 is 1.70 bits per heavy atom. The topological polar surface area (TPSA) is 93.2 Å². The maximum Gasteiger partial charge on any atom is 0.251 e. The predicted octanol–water partition coefficient (Wildman–Crippen LogP) is 4.43. The van der Waals surface area contributed by atoms with Crippen molar-refractivity contribution in [2.45, 2.75) is 23.3 Å². The minimum Gasteiger partial charge on any atom is -0.348 e. The van der Waals surface area contributed by atoms with E-state index < -0.39 is 15.7 Å². The molecule has 5 rings (SSSR count). The number of nitrogens with one attached hydrogen (secondary N) is 1. The standard InChI is InChI=1S/C25H18N2O4S2/c1-15-27-21(14-32-15)17-8-6-16(7-9-17)13-26-25(29)18-10-11-20-23(12-18)33(30,31)22-5-3-2-4-19(22)24(20)28/h2-12,14H,13H2,1H3,(H,26,29). The Bertz CT molecular complexity index is 1520. The molecule has 4 aromatic rings. The second kappa shape index (κ2) is 8.06. The lowest BCUT2D eigenvalue weighted by Gasteiger charge is -2.19. The lowest BCUT2D eigenvalue weighted by molar-refractivity contribution is 0.0948. The van der Waals surface area contributed by atoms with Crippen LogP contribution in [0.1, 0.15) is 36.9 Å². The van der Waals surface area contributed by atoms with E-state index in [9.17, 15) is 18.0 Å². The van der Waals surface area contributed by atoms with Crippen LogP contribution in [-0.2, 0) is 16.4 Å². The second-order valence-corrected chi connectivity index (χ2v) is 10.6. The number of carbonyl (C=O) groups is 2. The number of nitrogens with zero attached hydrogens (tertiary/aromatic N) is 1. The summed E-state index contributed by atoms with van der Waals surface area (Å²) in [6.45, 7) is 2.24. The van der Waals surface area contributed by atoms with Crippen molar-refractivity contribution in [3.05, 3.63) is 99.4 Å². The van der Waals surface area contributed by atoms with Crippen LogP contribution in [0.2, 0.25) is 0 Å². The largest absolute Gasteiger partial charge is 0.348 e. The van der Waals surface area contributed by atoms with E-state index in [4.69, 9.17) is 0 Å². The highest BCUT2D eigenvalue weighted by atomic mass is 32.2. The van der Waals surface area contributed by atoms with E-state index in [2.05, 4.69) is 10.3 Å². The molecule has 1 aliphatic heterocycles. The van der Waals surface area contributed by atoms with Crippen LogP contribution in [0.15, 0.2) is 81.9 Å². The van der Waals surface area contributed by atoms with E-state index in [1.54, 1.807) is 23.5 Å². The SMILES string of the molecule is Cc1nc(-c2ccc(CNC(=O)c3ccc4c(c3)S(=O)(=O)c3ccccc3C4=O)cc2)cs1. The molecule has 3 aromatic carbocycles. The second-order valence-electron chi connectivity index (χ2n) is 7.67. The van der Waals surface area contributed by atoms with Crippen molar-refractivity contribution in [1.82, 2.24) is 10.3 Å². The molecular weight excluding hydrogens is 456 g/mol. The summed E-state index contributed by atoms with van der Waals surface area (Å²) in [6.07, 6.45) is 0. The lowest BCUT2D eigenvalue weighted by Crippen LogP contribution is -2.25. The molecule has 1 aliphatic rings. The molecule has 1 aromatic heterocycles. The molecule has 33 heavy (non-hydrogen) atoms. The van der Waals surface area contributed by atoms with Crippen molar-refractivity contribution in [3.63, 3.8) is 0 Å². The number of sulfone groups is 1. The van der Waals surface area contributed by atoms with Crippen LogP contribution in [0.25, 0.3) is 11.3 Å². The van der Waals surface area contributed by atoms with Gasteiger partial charge in [0.1, 0.15) is 0 Å². The minimum absolute atomic E-state index is 0.0320. The number of fused-ring (bicyclic) bond motifs is 2. The average Bonchev–Trinajstić information content (AvgIpc) is 3.27. The molecule has 0 aliphatic carbocycles. The zero-order valence-electron chi connectivity index (χ0n) is 17.5. The molecule has 1 amide bonds. The summed E-state index contributed by atoms with van der Waals surface area (Å²) in [5.41, 5.74) is 3.23. The Labute approximate surface area is 194 Å². The molecule has 2 heterocycles. The van der Waals surface area contributed by atoms with Crippen molar-refractivity contribution in [2.24, 2.45) is 0 Å². The number of benzene rings is 3. The smallest absolute Gasteiger partial charge is 0.251 e. The van der Waals surface area contributed by atoms with Gasteiger partial charge in [-0.25, -0.2) is 13.4 Å². The highest BCUT2D eigenvalue weighted by molar-refractivity contribution is 7.91. The number of aryl methyl sites for hydroxylation is 1. The quantitative estimate of drug-likeness (QED) is 0.416. The highest BCUT2D eigenvalue weighted by Crippen LogP contribution is 2.34. The van der Waals surface area contributed by atoms with Crippen molar-refractivity contribution < 1.29 is 18.0 Å². The Morgan fingerprint density at radius 1 is 0.970 bits per heavy atom. The summed E-state index contributed by atoms with van der Waals surface area (Å²) < 4.78 is 26.1. The molecule has 0 fully saturated rings. The van der Waals surface area contributed by atoms with Gasteiger partial charge >= 0.3 is 0 Å². The summed E-state index contributed by atoms with van der Waals surface area (Å²) >= 11 is 1.59. The summed E-state index contributed by atoms with van der Waals surface area (Å²) in [7, 11) is -3.89. The summed E-state index contributed by atoms with van der Waals surface area (Å²) in [5.74, 6) is -0.781. The molecule has 1 N–H and O–H groups in total. The van der Waals surface area contributed by atoms with E-state index in [0.717, 1.165) is 21.8 Å². The van der Waals surface area contributed by atoms with Crippen LogP contribution < -0.4 is 5.32 Å². The predicted molar refractivity (Wildman–Crippen MR) is 125 cm³/mol. The fourth-order valence-electron chi connectivity index (χ4n) is 3.80. The van der Waals surface area contributed by atoms with Crippen molar-refractivity contribution in [1.29, 1.82) is 0 Å². The van der Waals surface area contributed by atoms with Crippen molar-refractivity contribution in [3.8, 4) is 11.3 Å². The molecule has 8 heteroatoms. The van der Waals surface area contributed by atoms with E-state index in [1.807, 2.05) is 36.6 Å². The first kappa shape index (κ1) is 21.2. The maximum atomic E-state index is 13.1. The van der Waals surface area contributed by atoms with Gasteiger partial charge in [-0.05, 0) is 42.8 Å². The molecule has 0 unspecified atom stereocenters. The fraction of sp³-hybridized carbons (Fsp3) is 0.0800. The molecule has 6 nitrogen and oxygen atoms in total. The first-order valence-corrected chi connectivity index (χ1v) is 12.5. The van der Waals surface area contributed by atoms with Crippen LogP contribution in [0.3, 0.4) is 0 Å². The molecule has 0 saturated carbocycles. The van der Waals surface area contributed by atoms with Gasteiger partial charge in [0.15, 0.2) is 5.78 Å². The fourth-order valence-corrected chi connectivity index (χ4v) is 6.10. The van der Waals surface area contributed by atoms with Crippen LogP contribution in [0, 0.1) is 6.92 Å². The Kier molecular flexibility index (Phi) is 5.19. The number of aromatic nitrogens is 1. The minimum atomic E-state index is -3.89. The van der Waals surface area contributed by atoms with Gasteiger partial charge in [-0.1, -0.05) is 36.4 Å². The van der Waals surface area contributed by atoms with Crippen LogP contribution in [-0.4, -0.2) is 25.1 Å². The van der Waals surface area contributed by atoms with Crippen molar-refractivity contribution >= 4 is 32.9 Å². The monoisotopic (exact) mass is 474 g/mol. The average molecular weight is 475 g/mol. The van der Waals surface area contributed by atoms with Gasteiger partial charge in [0, 0.05) is 34.2 Å². The third-order valence-corrected chi connectivity index (χ3v) is 8.15. The third kappa shape index (κ3) is 3.77. The molecule has 0 saturated heterocycles. The lowest BCUT2D eigenvalue weighted by atomic mass is 10.0. The Balaban J connectivity index is 1.35. The molecule has 0 atom stereocenters. The number of thiazole rings is 1. The van der Waals surface area contributed by atoms with Gasteiger partial charge < -0.3 is 5.32 Å². The molecule has 164 valence electrons. The van der Waals surface area contributed by atoms with Crippen LogP contribution >= 0.6 is 11.3 Å². The highest BCUT2D eigenvalue weighted by Gasteiger charge is 2.35. The van der Waals surface area contributed by atoms with Gasteiger partial charge in [-0.3, -0.25) is 9.59 Å². The van der Waals surface area contributed by atoms with E-state index in [1.165, 1.54) is 30.3 Å². The van der Waals surface area contributed by atoms with E-state index in [0.29, 0.717) is 0 Å². The zero-order valence-corrected chi connectivity index (χ0v) is 19.2. The van der Waals surface area contributed by atoms with Gasteiger partial charge in [-0.2, -0.15) is 0 Å². The van der Waals surface area contributed by atoms with E-state index in [-0.39, 0.29) is 38.8 Å². The summed E-state index contributed by atoms with van der Waals surface area (Å²) in [5, 5.41) is 5.81. The Morgan fingerprint density at radius 3 is 2.42 bits per heavy atom. The normalized spacial score (nSPS) is 13.8. The Hall–Kier alpha value is -3.62. The van der Waals surface area contributed by atoms with Crippen LogP contribution in [0.4, 0.5) is 0 Å². The third-order valence-electron chi connectivity index (χ3n) is 5.52. The number of hydrogen-bond donors (Lipinski definition) is 1. The number of carbonyl (C=O) groups excluding carboxylic acids is 2. The molecular formula is C25H18N2O4S2. The first-order valence-electron chi connectivity index (χ1n) is 10.2. The van der Waals surface area contributed by atoms with Gasteiger partial charge in [0.25, 0.3) is 5.91 Å². The number of rotatable bonds is 4. The van der Waals surface area contributed by atoms with E-state index >= 15 is 0 Å². The zero-order chi connectivity index (χ0) is 23.2. The van der Waals surface area contributed by atoms with Crippen molar-refractivity contribution in [2.75, 3.05) is 0 Å². The molecule has 0 bridgehead atoms.